The average molecular weight is 408 g/mol. The van der Waals surface area contributed by atoms with Crippen molar-refractivity contribution in [3.63, 3.8) is 0 Å². The zero-order valence-electron chi connectivity index (χ0n) is 14.0. The molecule has 4 saturated carbocycles. The van der Waals surface area contributed by atoms with E-state index in [9.17, 15) is 14.7 Å². The van der Waals surface area contributed by atoms with Gasteiger partial charge in [0.1, 0.15) is 11.3 Å². The molecule has 5 rings (SSSR count). The van der Waals surface area contributed by atoms with Gasteiger partial charge in [0.15, 0.2) is 6.61 Å². The summed E-state index contributed by atoms with van der Waals surface area (Å²) in [6.45, 7) is -0.313. The lowest BCUT2D eigenvalue weighted by atomic mass is 9.53. The zero-order valence-corrected chi connectivity index (χ0v) is 15.5. The van der Waals surface area contributed by atoms with E-state index in [1.165, 1.54) is 31.4 Å². The fraction of sp³-hybridized carbons (Fsp3) is 0.579. The molecule has 0 spiro atoms. The van der Waals surface area contributed by atoms with E-state index in [-0.39, 0.29) is 29.4 Å². The minimum absolute atomic E-state index is 0.0528. The van der Waals surface area contributed by atoms with Crippen LogP contribution in [0.25, 0.3) is 0 Å². The maximum Gasteiger partial charge on any atom is 0.342 e. The Morgan fingerprint density at radius 3 is 2.36 bits per heavy atom. The summed E-state index contributed by atoms with van der Waals surface area (Å²) >= 11 is 3.25. The van der Waals surface area contributed by atoms with Gasteiger partial charge in [0.25, 0.3) is 5.91 Å². The predicted molar refractivity (Wildman–Crippen MR) is 95.1 cm³/mol. The third-order valence-electron chi connectivity index (χ3n) is 5.96. The first-order valence-corrected chi connectivity index (χ1v) is 9.68. The molecule has 1 amide bonds. The van der Waals surface area contributed by atoms with Crippen molar-refractivity contribution in [2.45, 2.75) is 44.1 Å². The summed E-state index contributed by atoms with van der Waals surface area (Å²) in [6, 6.07) is 4.52. The van der Waals surface area contributed by atoms with Gasteiger partial charge in [0, 0.05) is 10.0 Å². The van der Waals surface area contributed by atoms with Crippen molar-refractivity contribution in [1.82, 2.24) is 5.32 Å². The molecule has 4 bridgehead atoms. The Kier molecular flexibility index (Phi) is 4.26. The van der Waals surface area contributed by atoms with Gasteiger partial charge in [-0.2, -0.15) is 0 Å². The van der Waals surface area contributed by atoms with Crippen LogP contribution in [0.15, 0.2) is 22.7 Å². The highest BCUT2D eigenvalue weighted by Crippen LogP contribution is 2.55. The van der Waals surface area contributed by atoms with Gasteiger partial charge in [0.2, 0.25) is 0 Å². The van der Waals surface area contributed by atoms with E-state index < -0.39 is 5.97 Å². The average Bonchev–Trinajstić information content (AvgIpc) is 2.53. The highest BCUT2D eigenvalue weighted by atomic mass is 79.9. The van der Waals surface area contributed by atoms with Gasteiger partial charge in [-0.05, 0) is 74.5 Å². The van der Waals surface area contributed by atoms with Crippen LogP contribution in [0.3, 0.4) is 0 Å². The molecule has 0 unspecified atom stereocenters. The quantitative estimate of drug-likeness (QED) is 0.749. The number of benzene rings is 1. The number of phenolic OH excluding ortho intramolecular Hbond substituents is 1. The van der Waals surface area contributed by atoms with Crippen LogP contribution in [0.4, 0.5) is 0 Å². The molecule has 0 saturated heterocycles. The number of aromatic hydroxyl groups is 1. The summed E-state index contributed by atoms with van der Waals surface area (Å²) in [5, 5.41) is 12.9. The first-order chi connectivity index (χ1) is 11.9. The summed E-state index contributed by atoms with van der Waals surface area (Å²) in [4.78, 5) is 24.5. The van der Waals surface area contributed by atoms with Gasteiger partial charge in [0.05, 0.1) is 0 Å². The molecular formula is C19H22BrNO4. The summed E-state index contributed by atoms with van der Waals surface area (Å²) in [5.41, 5.74) is -0.0344. The normalized spacial score (nSPS) is 32.4. The molecule has 2 N–H and O–H groups in total. The second-order valence-electron chi connectivity index (χ2n) is 7.98. The van der Waals surface area contributed by atoms with E-state index in [4.69, 9.17) is 4.74 Å². The number of esters is 1. The molecule has 4 fully saturated rings. The van der Waals surface area contributed by atoms with Gasteiger partial charge in [-0.1, -0.05) is 15.9 Å². The molecule has 134 valence electrons. The fourth-order valence-electron chi connectivity index (χ4n) is 5.48. The van der Waals surface area contributed by atoms with Crippen LogP contribution in [-0.2, 0) is 9.53 Å². The van der Waals surface area contributed by atoms with E-state index in [1.807, 2.05) is 0 Å². The summed E-state index contributed by atoms with van der Waals surface area (Å²) < 4.78 is 5.77. The first kappa shape index (κ1) is 16.9. The summed E-state index contributed by atoms with van der Waals surface area (Å²) in [5.74, 6) is 1.13. The highest BCUT2D eigenvalue weighted by Gasteiger charge is 2.51. The van der Waals surface area contributed by atoms with Crippen molar-refractivity contribution < 1.29 is 19.4 Å². The molecule has 6 heteroatoms. The monoisotopic (exact) mass is 407 g/mol. The Hall–Kier alpha value is -1.56. The van der Waals surface area contributed by atoms with Crippen LogP contribution < -0.4 is 5.32 Å². The van der Waals surface area contributed by atoms with Gasteiger partial charge in [-0.3, -0.25) is 4.79 Å². The number of hydrogen-bond acceptors (Lipinski definition) is 4. The van der Waals surface area contributed by atoms with Crippen molar-refractivity contribution in [2.24, 2.45) is 17.8 Å². The third kappa shape index (κ3) is 3.41. The topological polar surface area (TPSA) is 75.6 Å². The lowest BCUT2D eigenvalue weighted by Gasteiger charge is -2.56. The van der Waals surface area contributed by atoms with Crippen LogP contribution in [0.1, 0.15) is 48.9 Å². The maximum atomic E-state index is 12.4. The van der Waals surface area contributed by atoms with Crippen LogP contribution in [0.2, 0.25) is 0 Å². The second-order valence-corrected chi connectivity index (χ2v) is 8.90. The molecular weight excluding hydrogens is 386 g/mol. The van der Waals surface area contributed by atoms with Crippen molar-refractivity contribution in [2.75, 3.05) is 6.61 Å². The van der Waals surface area contributed by atoms with E-state index in [1.54, 1.807) is 6.07 Å². The number of nitrogens with one attached hydrogen (secondary N) is 1. The number of ether oxygens (including phenoxy) is 1. The summed E-state index contributed by atoms with van der Waals surface area (Å²) in [7, 11) is 0. The molecule has 1 aromatic rings. The Labute approximate surface area is 155 Å². The number of amides is 1. The molecule has 0 aromatic heterocycles. The Bertz CT molecular complexity index is 682. The van der Waals surface area contributed by atoms with E-state index >= 15 is 0 Å². The predicted octanol–water partition coefficient (Wildman–Crippen LogP) is 3.40. The molecule has 4 aliphatic carbocycles. The SMILES string of the molecule is O=C(COC(=O)c1cc(Br)ccc1O)NC12CC3CC(CC(C3)C1)C2. The van der Waals surface area contributed by atoms with Crippen LogP contribution >= 0.6 is 15.9 Å². The van der Waals surface area contributed by atoms with Crippen LogP contribution in [-0.4, -0.2) is 29.1 Å². The number of rotatable bonds is 4. The second kappa shape index (κ2) is 6.31. The number of hydrogen-bond donors (Lipinski definition) is 2. The van der Waals surface area contributed by atoms with Crippen LogP contribution in [0, 0.1) is 17.8 Å². The zero-order chi connectivity index (χ0) is 17.6. The summed E-state index contributed by atoms with van der Waals surface area (Å²) in [6.07, 6.45) is 7.12. The highest BCUT2D eigenvalue weighted by molar-refractivity contribution is 9.10. The molecule has 0 heterocycles. The Morgan fingerprint density at radius 2 is 1.76 bits per heavy atom. The van der Waals surface area contributed by atoms with Crippen molar-refractivity contribution in [1.29, 1.82) is 0 Å². The molecule has 4 aliphatic rings. The molecule has 0 aliphatic heterocycles. The van der Waals surface area contributed by atoms with Gasteiger partial charge >= 0.3 is 5.97 Å². The minimum Gasteiger partial charge on any atom is -0.507 e. The van der Waals surface area contributed by atoms with Crippen molar-refractivity contribution in [3.05, 3.63) is 28.2 Å². The molecule has 1 aromatic carbocycles. The molecule has 0 atom stereocenters. The van der Waals surface area contributed by atoms with Crippen molar-refractivity contribution in [3.8, 4) is 5.75 Å². The third-order valence-corrected chi connectivity index (χ3v) is 6.45. The minimum atomic E-state index is -0.695. The van der Waals surface area contributed by atoms with E-state index in [0.717, 1.165) is 37.0 Å². The number of phenols is 1. The van der Waals surface area contributed by atoms with Gasteiger partial charge < -0.3 is 15.2 Å². The van der Waals surface area contributed by atoms with E-state index in [0.29, 0.717) is 4.47 Å². The van der Waals surface area contributed by atoms with E-state index in [2.05, 4.69) is 21.2 Å². The molecule has 0 radical (unpaired) electrons. The largest absolute Gasteiger partial charge is 0.507 e. The molecule has 5 nitrogen and oxygen atoms in total. The fourth-order valence-corrected chi connectivity index (χ4v) is 5.84. The number of carbonyl (C=O) groups excluding carboxylic acids is 2. The maximum absolute atomic E-state index is 12.4. The number of halogens is 1. The standard InChI is InChI=1S/C19H22BrNO4/c20-14-1-2-16(22)15(6-14)18(24)25-10-17(23)21-19-7-11-3-12(8-19)5-13(4-11)9-19/h1-2,6,11-13,22H,3-5,7-10H2,(H,21,23). The van der Waals surface area contributed by atoms with Crippen LogP contribution in [0.5, 0.6) is 5.75 Å². The van der Waals surface area contributed by atoms with Gasteiger partial charge in [-0.25, -0.2) is 4.79 Å². The Balaban J connectivity index is 1.35. The molecule has 25 heavy (non-hydrogen) atoms. The smallest absolute Gasteiger partial charge is 0.342 e. The first-order valence-electron chi connectivity index (χ1n) is 8.89. The lowest BCUT2D eigenvalue weighted by molar-refractivity contribution is -0.130. The lowest BCUT2D eigenvalue weighted by Crippen LogP contribution is -2.60. The van der Waals surface area contributed by atoms with Crippen molar-refractivity contribution >= 4 is 27.8 Å². The van der Waals surface area contributed by atoms with Gasteiger partial charge in [-0.15, -0.1) is 0 Å². The Morgan fingerprint density at radius 1 is 1.16 bits per heavy atom. The number of carbonyl (C=O) groups is 2.